The zero-order chi connectivity index (χ0) is 19.2. The monoisotopic (exact) mass is 388 g/mol. The molecule has 6 nitrogen and oxygen atoms in total. The van der Waals surface area contributed by atoms with Crippen molar-refractivity contribution in [2.45, 2.75) is 20.5 Å². The van der Waals surface area contributed by atoms with Crippen molar-refractivity contribution in [3.05, 3.63) is 51.7 Å². The summed E-state index contributed by atoms with van der Waals surface area (Å²) in [5.41, 5.74) is 2.13. The summed E-state index contributed by atoms with van der Waals surface area (Å²) in [4.78, 5) is 28.6. The molecule has 0 radical (unpaired) electrons. The summed E-state index contributed by atoms with van der Waals surface area (Å²) < 4.78 is 10.8. The molecular formula is C20H24N2O4S. The number of thiophene rings is 1. The van der Waals surface area contributed by atoms with Crippen molar-refractivity contribution < 1.29 is 19.1 Å². The van der Waals surface area contributed by atoms with Gasteiger partial charge in [0.25, 0.3) is 5.91 Å². The van der Waals surface area contributed by atoms with Gasteiger partial charge in [-0.25, -0.2) is 4.79 Å². The maximum Gasteiger partial charge on any atom is 0.409 e. The van der Waals surface area contributed by atoms with Crippen LogP contribution in [0.5, 0.6) is 5.75 Å². The fourth-order valence-corrected chi connectivity index (χ4v) is 3.76. The molecule has 0 spiro atoms. The van der Waals surface area contributed by atoms with Crippen molar-refractivity contribution in [1.29, 1.82) is 0 Å². The predicted octanol–water partition coefficient (Wildman–Crippen LogP) is 3.55. The van der Waals surface area contributed by atoms with Gasteiger partial charge in [0.2, 0.25) is 0 Å². The van der Waals surface area contributed by atoms with Crippen molar-refractivity contribution in [2.24, 2.45) is 0 Å². The van der Waals surface area contributed by atoms with E-state index in [1.54, 1.807) is 16.7 Å². The van der Waals surface area contributed by atoms with Gasteiger partial charge >= 0.3 is 6.09 Å². The van der Waals surface area contributed by atoms with E-state index in [1.807, 2.05) is 42.6 Å². The second-order valence-electron chi connectivity index (χ2n) is 6.40. The highest BCUT2D eigenvalue weighted by Crippen LogP contribution is 2.20. The van der Waals surface area contributed by atoms with Crippen molar-refractivity contribution >= 4 is 23.3 Å². The third kappa shape index (κ3) is 5.01. The Morgan fingerprint density at radius 2 is 1.85 bits per heavy atom. The third-order valence-electron chi connectivity index (χ3n) is 4.35. The molecule has 27 heavy (non-hydrogen) atoms. The number of aryl methyl sites for hydroxylation is 1. The molecule has 2 amide bonds. The zero-order valence-electron chi connectivity index (χ0n) is 15.6. The lowest BCUT2D eigenvalue weighted by atomic mass is 10.2. The minimum atomic E-state index is -0.309. The van der Waals surface area contributed by atoms with Gasteiger partial charge in [0.05, 0.1) is 11.5 Å². The van der Waals surface area contributed by atoms with Crippen LogP contribution < -0.4 is 4.74 Å². The number of piperazine rings is 1. The number of hydrogen-bond acceptors (Lipinski definition) is 5. The summed E-state index contributed by atoms with van der Waals surface area (Å²) in [5, 5.41) is 1.96. The number of hydrogen-bond donors (Lipinski definition) is 0. The van der Waals surface area contributed by atoms with Gasteiger partial charge in [-0.2, -0.15) is 0 Å². The Morgan fingerprint density at radius 3 is 2.56 bits per heavy atom. The molecule has 144 valence electrons. The van der Waals surface area contributed by atoms with Gasteiger partial charge < -0.3 is 19.3 Å². The highest BCUT2D eigenvalue weighted by atomic mass is 32.1. The SMILES string of the molecule is CCOC(=O)N1CCN(C(=O)c2cc(COc3cccc(C)c3)cs2)CC1. The lowest BCUT2D eigenvalue weighted by molar-refractivity contribution is 0.0574. The highest BCUT2D eigenvalue weighted by Gasteiger charge is 2.26. The number of benzene rings is 1. The zero-order valence-corrected chi connectivity index (χ0v) is 16.5. The summed E-state index contributed by atoms with van der Waals surface area (Å²) in [5.74, 6) is 0.828. The summed E-state index contributed by atoms with van der Waals surface area (Å²) in [6.45, 7) is 6.64. The minimum absolute atomic E-state index is 0.00492. The Balaban J connectivity index is 1.52. The normalized spacial score (nSPS) is 14.1. The molecule has 2 heterocycles. The van der Waals surface area contributed by atoms with Crippen LogP contribution in [-0.4, -0.2) is 54.6 Å². The lowest BCUT2D eigenvalue weighted by Crippen LogP contribution is -2.50. The standard InChI is InChI=1S/C20H24N2O4S/c1-3-25-20(24)22-9-7-21(8-10-22)19(23)18-12-16(14-27-18)13-26-17-6-4-5-15(2)11-17/h4-6,11-12,14H,3,7-10,13H2,1-2H3. The van der Waals surface area contributed by atoms with Crippen molar-refractivity contribution in [3.8, 4) is 5.75 Å². The van der Waals surface area contributed by atoms with Gasteiger partial charge in [0.15, 0.2) is 0 Å². The van der Waals surface area contributed by atoms with E-state index < -0.39 is 0 Å². The van der Waals surface area contributed by atoms with Crippen molar-refractivity contribution in [2.75, 3.05) is 32.8 Å². The van der Waals surface area contributed by atoms with Crippen LogP contribution in [0.4, 0.5) is 4.79 Å². The van der Waals surface area contributed by atoms with E-state index in [-0.39, 0.29) is 12.0 Å². The molecule has 0 atom stereocenters. The summed E-state index contributed by atoms with van der Waals surface area (Å²) in [6.07, 6.45) is -0.309. The van der Waals surface area contributed by atoms with Gasteiger partial charge in [0, 0.05) is 31.7 Å². The van der Waals surface area contributed by atoms with Gasteiger partial charge in [-0.1, -0.05) is 12.1 Å². The van der Waals surface area contributed by atoms with Crippen LogP contribution in [0.1, 0.15) is 27.7 Å². The largest absolute Gasteiger partial charge is 0.489 e. The molecule has 7 heteroatoms. The van der Waals surface area contributed by atoms with Crippen LogP contribution in [0.15, 0.2) is 35.7 Å². The van der Waals surface area contributed by atoms with Crippen LogP contribution in [0.25, 0.3) is 0 Å². The first kappa shape index (κ1) is 19.2. The van der Waals surface area contributed by atoms with Gasteiger partial charge in [-0.05, 0) is 43.0 Å². The van der Waals surface area contributed by atoms with E-state index in [0.717, 1.165) is 16.9 Å². The molecule has 1 aromatic heterocycles. The molecule has 0 N–H and O–H groups in total. The van der Waals surface area contributed by atoms with Gasteiger partial charge in [0.1, 0.15) is 12.4 Å². The summed E-state index contributed by atoms with van der Waals surface area (Å²) in [6, 6.07) is 9.79. The van der Waals surface area contributed by atoms with Crippen LogP contribution in [0.3, 0.4) is 0 Å². The highest BCUT2D eigenvalue weighted by molar-refractivity contribution is 7.12. The summed E-state index contributed by atoms with van der Waals surface area (Å²) >= 11 is 1.43. The predicted molar refractivity (Wildman–Crippen MR) is 104 cm³/mol. The Morgan fingerprint density at radius 1 is 1.11 bits per heavy atom. The summed E-state index contributed by atoms with van der Waals surface area (Å²) in [7, 11) is 0. The molecule has 0 bridgehead atoms. The van der Waals surface area contributed by atoms with E-state index in [2.05, 4.69) is 0 Å². The third-order valence-corrected chi connectivity index (χ3v) is 5.32. The maximum atomic E-state index is 12.7. The molecule has 0 unspecified atom stereocenters. The maximum absolute atomic E-state index is 12.7. The van der Waals surface area contributed by atoms with E-state index in [0.29, 0.717) is 44.3 Å². The molecule has 3 rings (SSSR count). The first-order valence-corrected chi connectivity index (χ1v) is 9.92. The van der Waals surface area contributed by atoms with E-state index in [4.69, 9.17) is 9.47 Å². The van der Waals surface area contributed by atoms with Crippen molar-refractivity contribution in [1.82, 2.24) is 9.80 Å². The van der Waals surface area contributed by atoms with E-state index in [9.17, 15) is 9.59 Å². The molecule has 1 fully saturated rings. The van der Waals surface area contributed by atoms with Gasteiger partial charge in [-0.3, -0.25) is 4.79 Å². The minimum Gasteiger partial charge on any atom is -0.489 e. The van der Waals surface area contributed by atoms with Gasteiger partial charge in [-0.15, -0.1) is 11.3 Å². The van der Waals surface area contributed by atoms with Crippen LogP contribution in [0.2, 0.25) is 0 Å². The molecule has 1 aliphatic rings. The van der Waals surface area contributed by atoms with Crippen molar-refractivity contribution in [3.63, 3.8) is 0 Å². The Hall–Kier alpha value is -2.54. The smallest absolute Gasteiger partial charge is 0.409 e. The molecule has 1 aliphatic heterocycles. The Bertz CT molecular complexity index is 797. The second-order valence-corrected chi connectivity index (χ2v) is 7.31. The Kier molecular flexibility index (Phi) is 6.34. The first-order valence-electron chi connectivity index (χ1n) is 9.04. The van der Waals surface area contributed by atoms with Crippen LogP contribution in [0, 0.1) is 6.92 Å². The van der Waals surface area contributed by atoms with Crippen LogP contribution >= 0.6 is 11.3 Å². The molecule has 0 aliphatic carbocycles. The fourth-order valence-electron chi connectivity index (χ4n) is 2.90. The number of rotatable bonds is 5. The topological polar surface area (TPSA) is 59.1 Å². The first-order chi connectivity index (χ1) is 13.1. The second kappa shape index (κ2) is 8.90. The number of amides is 2. The molecule has 1 aromatic carbocycles. The number of carbonyl (C=O) groups is 2. The fraction of sp³-hybridized carbons (Fsp3) is 0.400. The molecule has 2 aromatic rings. The van der Waals surface area contributed by atoms with E-state index >= 15 is 0 Å². The lowest BCUT2D eigenvalue weighted by Gasteiger charge is -2.33. The van der Waals surface area contributed by atoms with E-state index in [1.165, 1.54) is 11.3 Å². The quantitative estimate of drug-likeness (QED) is 0.786. The molecular weight excluding hydrogens is 364 g/mol. The number of ether oxygens (including phenoxy) is 2. The molecule has 1 saturated heterocycles. The number of nitrogens with zero attached hydrogens (tertiary/aromatic N) is 2. The average molecular weight is 388 g/mol. The Labute approximate surface area is 163 Å². The average Bonchev–Trinajstić information content (AvgIpc) is 3.15. The number of carbonyl (C=O) groups excluding carboxylic acids is 2. The van der Waals surface area contributed by atoms with Crippen LogP contribution in [-0.2, 0) is 11.3 Å². The molecule has 0 saturated carbocycles.